The summed E-state index contributed by atoms with van der Waals surface area (Å²) in [6.45, 7) is 12.6. The summed E-state index contributed by atoms with van der Waals surface area (Å²) in [4.78, 5) is 9.01. The van der Waals surface area contributed by atoms with Gasteiger partial charge in [0.05, 0.1) is 11.1 Å². The van der Waals surface area contributed by atoms with Gasteiger partial charge in [-0.2, -0.15) is 0 Å². The highest BCUT2D eigenvalue weighted by Gasteiger charge is 2.06. The zero-order chi connectivity index (χ0) is 13.8. The van der Waals surface area contributed by atoms with Crippen LogP contribution in [0.3, 0.4) is 0 Å². The Balaban J connectivity index is 2.87. The van der Waals surface area contributed by atoms with E-state index in [1.165, 1.54) is 0 Å². The smallest absolute Gasteiger partial charge is 0.0524 e. The van der Waals surface area contributed by atoms with Gasteiger partial charge in [0.25, 0.3) is 0 Å². The second-order valence-corrected chi connectivity index (χ2v) is 6.53. The number of hydrogen-bond donors (Lipinski definition) is 0. The summed E-state index contributed by atoms with van der Waals surface area (Å²) < 4.78 is 0. The van der Waals surface area contributed by atoms with Crippen molar-refractivity contribution >= 4 is 12.4 Å². The molecule has 0 radical (unpaired) electrons. The van der Waals surface area contributed by atoms with E-state index in [1.807, 2.05) is 18.5 Å². The number of aliphatic imine (C=N–C) groups is 2. The quantitative estimate of drug-likeness (QED) is 0.699. The Bertz CT molecular complexity index is 404. The molecule has 0 unspecified atom stereocenters. The number of benzene rings is 1. The topological polar surface area (TPSA) is 24.7 Å². The Morgan fingerprint density at radius 1 is 0.778 bits per heavy atom. The summed E-state index contributed by atoms with van der Waals surface area (Å²) in [6.07, 6.45) is 3.85. The first-order valence-corrected chi connectivity index (χ1v) is 6.36. The van der Waals surface area contributed by atoms with Crippen molar-refractivity contribution in [1.82, 2.24) is 0 Å². The van der Waals surface area contributed by atoms with Crippen molar-refractivity contribution in [1.29, 1.82) is 0 Å². The average Bonchev–Trinajstić information content (AvgIpc) is 2.22. The Morgan fingerprint density at radius 2 is 1.17 bits per heavy atom. The molecule has 0 saturated carbocycles. The van der Waals surface area contributed by atoms with Gasteiger partial charge < -0.3 is 0 Å². The average molecular weight is 244 g/mol. The molecule has 0 atom stereocenters. The highest BCUT2D eigenvalue weighted by atomic mass is 14.8. The van der Waals surface area contributed by atoms with Crippen molar-refractivity contribution in [2.45, 2.75) is 52.6 Å². The predicted octanol–water partition coefficient (Wildman–Crippen LogP) is 4.12. The fourth-order valence-electron chi connectivity index (χ4n) is 1.26. The zero-order valence-corrected chi connectivity index (χ0v) is 12.4. The Kier molecular flexibility index (Phi) is 4.44. The van der Waals surface area contributed by atoms with Crippen LogP contribution in [0, 0.1) is 0 Å². The lowest BCUT2D eigenvalue weighted by Crippen LogP contribution is -2.10. The van der Waals surface area contributed by atoms with Gasteiger partial charge in [-0.15, -0.1) is 0 Å². The minimum atomic E-state index is -0.0322. The molecule has 1 aromatic carbocycles. The van der Waals surface area contributed by atoms with Crippen LogP contribution in [0.4, 0.5) is 0 Å². The third-order valence-corrected chi connectivity index (χ3v) is 2.11. The Morgan fingerprint density at radius 3 is 1.50 bits per heavy atom. The molecular weight excluding hydrogens is 220 g/mol. The van der Waals surface area contributed by atoms with Crippen molar-refractivity contribution in [3.8, 4) is 0 Å². The SMILES string of the molecule is CC(C)(C)N=Cc1cccc(C=NC(C)(C)C)c1. The van der Waals surface area contributed by atoms with Crippen molar-refractivity contribution in [2.24, 2.45) is 9.98 Å². The zero-order valence-electron chi connectivity index (χ0n) is 12.4. The van der Waals surface area contributed by atoms with Gasteiger partial charge >= 0.3 is 0 Å². The second-order valence-electron chi connectivity index (χ2n) is 6.53. The normalized spacial score (nSPS) is 13.7. The van der Waals surface area contributed by atoms with Crippen LogP contribution in [-0.2, 0) is 0 Å². The van der Waals surface area contributed by atoms with Gasteiger partial charge in [-0.25, -0.2) is 0 Å². The molecule has 0 aromatic heterocycles. The molecule has 0 N–H and O–H groups in total. The highest BCUT2D eigenvalue weighted by molar-refractivity contribution is 5.86. The van der Waals surface area contributed by atoms with Gasteiger partial charge in [-0.05, 0) is 58.7 Å². The van der Waals surface area contributed by atoms with Crippen molar-refractivity contribution in [3.05, 3.63) is 35.4 Å². The number of nitrogens with zero attached hydrogens (tertiary/aromatic N) is 2. The molecule has 0 bridgehead atoms. The molecule has 0 saturated heterocycles. The summed E-state index contributed by atoms with van der Waals surface area (Å²) in [6, 6.07) is 8.26. The second kappa shape index (κ2) is 5.47. The Hall–Kier alpha value is -1.44. The van der Waals surface area contributed by atoms with E-state index in [0.29, 0.717) is 0 Å². The van der Waals surface area contributed by atoms with E-state index >= 15 is 0 Å². The van der Waals surface area contributed by atoms with Crippen LogP contribution in [0.25, 0.3) is 0 Å². The molecule has 2 heteroatoms. The molecule has 0 spiro atoms. The van der Waals surface area contributed by atoms with E-state index < -0.39 is 0 Å². The van der Waals surface area contributed by atoms with Gasteiger partial charge in [0.2, 0.25) is 0 Å². The fraction of sp³-hybridized carbons (Fsp3) is 0.500. The highest BCUT2D eigenvalue weighted by Crippen LogP contribution is 2.09. The first-order valence-electron chi connectivity index (χ1n) is 6.36. The molecule has 1 aromatic rings. The summed E-state index contributed by atoms with van der Waals surface area (Å²) in [5.74, 6) is 0. The Labute approximate surface area is 111 Å². The molecule has 2 nitrogen and oxygen atoms in total. The summed E-state index contributed by atoms with van der Waals surface area (Å²) in [5.41, 5.74) is 2.16. The van der Waals surface area contributed by atoms with Crippen LogP contribution in [-0.4, -0.2) is 23.5 Å². The van der Waals surface area contributed by atoms with Crippen molar-refractivity contribution in [2.75, 3.05) is 0 Å². The fourth-order valence-corrected chi connectivity index (χ4v) is 1.26. The maximum atomic E-state index is 4.51. The maximum Gasteiger partial charge on any atom is 0.0524 e. The van der Waals surface area contributed by atoms with Crippen LogP contribution in [0.5, 0.6) is 0 Å². The molecule has 0 fully saturated rings. The van der Waals surface area contributed by atoms with Crippen LogP contribution in [0.2, 0.25) is 0 Å². The van der Waals surface area contributed by atoms with Crippen molar-refractivity contribution < 1.29 is 0 Å². The predicted molar refractivity (Wildman–Crippen MR) is 81.1 cm³/mol. The largest absolute Gasteiger partial charge is 0.287 e. The lowest BCUT2D eigenvalue weighted by atomic mass is 10.1. The molecule has 0 aliphatic heterocycles. The van der Waals surface area contributed by atoms with Crippen LogP contribution in [0.15, 0.2) is 34.3 Å². The van der Waals surface area contributed by atoms with Gasteiger partial charge in [0.15, 0.2) is 0 Å². The van der Waals surface area contributed by atoms with E-state index in [9.17, 15) is 0 Å². The third-order valence-electron chi connectivity index (χ3n) is 2.11. The standard InChI is InChI=1S/C16H24N2/c1-15(2,3)17-11-13-8-7-9-14(10-13)12-18-16(4,5)6/h7-12H,1-6H3. The van der Waals surface area contributed by atoms with E-state index in [2.05, 4.69) is 69.7 Å². The molecule has 1 rings (SSSR count). The molecule has 0 aliphatic carbocycles. The first-order chi connectivity index (χ1) is 8.16. The number of hydrogen-bond acceptors (Lipinski definition) is 2. The summed E-state index contributed by atoms with van der Waals surface area (Å²) in [7, 11) is 0. The lowest BCUT2D eigenvalue weighted by molar-refractivity contribution is 0.586. The maximum absolute atomic E-state index is 4.51. The third kappa shape index (κ3) is 6.33. The molecule has 0 aliphatic rings. The monoisotopic (exact) mass is 244 g/mol. The van der Waals surface area contributed by atoms with Gasteiger partial charge in [0, 0.05) is 12.4 Å². The van der Waals surface area contributed by atoms with Gasteiger partial charge in [0.1, 0.15) is 0 Å². The van der Waals surface area contributed by atoms with E-state index in [4.69, 9.17) is 0 Å². The van der Waals surface area contributed by atoms with Crippen molar-refractivity contribution in [3.63, 3.8) is 0 Å². The first kappa shape index (κ1) is 14.6. The molecule has 0 amide bonds. The number of rotatable bonds is 2. The van der Waals surface area contributed by atoms with Crippen LogP contribution in [0.1, 0.15) is 52.7 Å². The molecule has 18 heavy (non-hydrogen) atoms. The van der Waals surface area contributed by atoms with Gasteiger partial charge in [-0.1, -0.05) is 18.2 Å². The molecule has 0 heterocycles. The van der Waals surface area contributed by atoms with E-state index in [-0.39, 0.29) is 11.1 Å². The van der Waals surface area contributed by atoms with Gasteiger partial charge in [-0.3, -0.25) is 9.98 Å². The minimum absolute atomic E-state index is 0.0322. The molecular formula is C16H24N2. The van der Waals surface area contributed by atoms with E-state index in [1.54, 1.807) is 0 Å². The lowest BCUT2D eigenvalue weighted by Gasteiger charge is -2.11. The van der Waals surface area contributed by atoms with Crippen LogP contribution < -0.4 is 0 Å². The minimum Gasteiger partial charge on any atom is -0.287 e. The summed E-state index contributed by atoms with van der Waals surface area (Å²) >= 11 is 0. The van der Waals surface area contributed by atoms with Crippen LogP contribution >= 0.6 is 0 Å². The summed E-state index contributed by atoms with van der Waals surface area (Å²) in [5, 5.41) is 0. The molecule has 98 valence electrons. The van der Waals surface area contributed by atoms with E-state index in [0.717, 1.165) is 11.1 Å².